The number of fused-ring (bicyclic) bond motifs is 1. The molecule has 0 radical (unpaired) electrons. The smallest absolute Gasteiger partial charge is 0.273 e. The van der Waals surface area contributed by atoms with Gasteiger partial charge in [0.2, 0.25) is 0 Å². The molecule has 0 spiro atoms. The molecule has 0 bridgehead atoms. The van der Waals surface area contributed by atoms with Crippen LogP contribution in [0.3, 0.4) is 0 Å². The molecule has 8 heteroatoms. The summed E-state index contributed by atoms with van der Waals surface area (Å²) in [5.41, 5.74) is 4.17. The van der Waals surface area contributed by atoms with Crippen molar-refractivity contribution in [1.82, 2.24) is 24.5 Å². The first kappa shape index (κ1) is 21.4. The second-order valence-corrected chi connectivity index (χ2v) is 9.47. The molecule has 1 amide bonds. The van der Waals surface area contributed by atoms with E-state index in [0.717, 1.165) is 54.1 Å². The summed E-state index contributed by atoms with van der Waals surface area (Å²) in [5.74, 6) is 1.22. The van der Waals surface area contributed by atoms with Crippen LogP contribution in [-0.2, 0) is 0 Å². The quantitative estimate of drug-likeness (QED) is 0.613. The fraction of sp³-hybridized carbons (Fsp3) is 0.480. The number of carbonyl (C=O) groups excluding carboxylic acids is 1. The summed E-state index contributed by atoms with van der Waals surface area (Å²) in [7, 11) is 0. The normalized spacial score (nSPS) is 23.2. The van der Waals surface area contributed by atoms with Gasteiger partial charge in [-0.05, 0) is 56.7 Å². The van der Waals surface area contributed by atoms with E-state index in [2.05, 4.69) is 22.9 Å². The molecule has 2 aliphatic rings. The van der Waals surface area contributed by atoms with Gasteiger partial charge in [-0.3, -0.25) is 9.78 Å². The topological polar surface area (TPSA) is 90.4 Å². The van der Waals surface area contributed by atoms with Crippen molar-refractivity contribution < 1.29 is 4.79 Å². The lowest BCUT2D eigenvalue weighted by Crippen LogP contribution is -2.39. The van der Waals surface area contributed by atoms with Crippen LogP contribution in [0.15, 0.2) is 30.6 Å². The SMILES string of the molecule is Cc1ccnc(C(=O)N2CCCC[C@H]2c2cc3nc(N4C[C@@H](C#N)[C@@H](C)C4)c(C)cn3n2)c1. The first-order valence-electron chi connectivity index (χ1n) is 11.7. The Morgan fingerprint density at radius 3 is 2.82 bits per heavy atom. The van der Waals surface area contributed by atoms with Crippen LogP contribution >= 0.6 is 0 Å². The summed E-state index contributed by atoms with van der Waals surface area (Å²) < 4.78 is 1.82. The van der Waals surface area contributed by atoms with Crippen LogP contribution in [0.2, 0.25) is 0 Å². The zero-order valence-corrected chi connectivity index (χ0v) is 19.4. The van der Waals surface area contributed by atoms with E-state index in [-0.39, 0.29) is 17.9 Å². The molecule has 0 aromatic carbocycles. The molecular weight excluding hydrogens is 414 g/mol. The van der Waals surface area contributed by atoms with Crippen LogP contribution in [0, 0.1) is 37.0 Å². The fourth-order valence-corrected chi connectivity index (χ4v) is 5.09. The Hall–Kier alpha value is -3.47. The Bertz CT molecular complexity index is 1240. The Labute approximate surface area is 193 Å². The Kier molecular flexibility index (Phi) is 5.49. The van der Waals surface area contributed by atoms with Crippen molar-refractivity contribution in [3.8, 4) is 6.07 Å². The Morgan fingerprint density at radius 1 is 1.21 bits per heavy atom. The molecule has 0 unspecified atom stereocenters. The predicted molar refractivity (Wildman–Crippen MR) is 125 cm³/mol. The lowest BCUT2D eigenvalue weighted by atomic mass is 9.98. The number of rotatable bonds is 3. The van der Waals surface area contributed by atoms with E-state index in [4.69, 9.17) is 10.1 Å². The summed E-state index contributed by atoms with van der Waals surface area (Å²) in [4.78, 5) is 26.7. The number of nitrogens with zero attached hydrogens (tertiary/aromatic N) is 7. The molecule has 33 heavy (non-hydrogen) atoms. The van der Waals surface area contributed by atoms with E-state index in [1.807, 2.05) is 47.7 Å². The minimum atomic E-state index is -0.0891. The average Bonchev–Trinajstić information content (AvgIpc) is 3.40. The molecule has 2 saturated heterocycles. The zero-order chi connectivity index (χ0) is 23.1. The second-order valence-electron chi connectivity index (χ2n) is 9.47. The van der Waals surface area contributed by atoms with Gasteiger partial charge in [-0.1, -0.05) is 6.92 Å². The van der Waals surface area contributed by atoms with Crippen molar-refractivity contribution in [2.75, 3.05) is 24.5 Å². The van der Waals surface area contributed by atoms with E-state index >= 15 is 0 Å². The highest BCUT2D eigenvalue weighted by Gasteiger charge is 2.33. The lowest BCUT2D eigenvalue weighted by molar-refractivity contribution is 0.0599. The van der Waals surface area contributed by atoms with Gasteiger partial charge in [0.15, 0.2) is 5.65 Å². The molecule has 5 rings (SSSR count). The Balaban J connectivity index is 1.46. The third kappa shape index (κ3) is 3.92. The van der Waals surface area contributed by atoms with Gasteiger partial charge < -0.3 is 9.80 Å². The number of anilines is 1. The third-order valence-electron chi connectivity index (χ3n) is 6.94. The maximum Gasteiger partial charge on any atom is 0.273 e. The van der Waals surface area contributed by atoms with E-state index in [0.29, 0.717) is 24.7 Å². The van der Waals surface area contributed by atoms with Crippen molar-refractivity contribution in [2.45, 2.75) is 46.1 Å². The summed E-state index contributed by atoms with van der Waals surface area (Å²) in [6, 6.07) is 8.08. The molecule has 8 nitrogen and oxygen atoms in total. The van der Waals surface area contributed by atoms with Crippen molar-refractivity contribution >= 4 is 17.4 Å². The summed E-state index contributed by atoms with van der Waals surface area (Å²) in [6.07, 6.45) is 6.61. The highest BCUT2D eigenvalue weighted by molar-refractivity contribution is 5.92. The van der Waals surface area contributed by atoms with Gasteiger partial charge in [0.25, 0.3) is 5.91 Å². The standard InChI is InChI=1S/C25H29N7O/c1-16-7-8-27-21(10-16)25(33)31-9-5-4-6-22(31)20-11-23-28-24(18(3)14-32(23)29-20)30-13-17(2)19(12-26)15-30/h7-8,10-11,14,17,19,22H,4-6,9,13,15H2,1-3H3/t17-,19+,22-/m0/s1. The number of amides is 1. The van der Waals surface area contributed by atoms with Gasteiger partial charge in [-0.15, -0.1) is 0 Å². The number of hydrogen-bond acceptors (Lipinski definition) is 6. The van der Waals surface area contributed by atoms with Crippen molar-refractivity contribution in [1.29, 1.82) is 5.26 Å². The number of hydrogen-bond donors (Lipinski definition) is 0. The first-order valence-corrected chi connectivity index (χ1v) is 11.7. The van der Waals surface area contributed by atoms with Crippen LogP contribution in [0.1, 0.15) is 59.5 Å². The minimum Gasteiger partial charge on any atom is -0.355 e. The fourth-order valence-electron chi connectivity index (χ4n) is 5.09. The summed E-state index contributed by atoms with van der Waals surface area (Å²) in [6.45, 7) is 8.37. The second kappa shape index (κ2) is 8.47. The van der Waals surface area contributed by atoms with Crippen LogP contribution in [0.4, 0.5) is 5.82 Å². The number of aromatic nitrogens is 4. The highest BCUT2D eigenvalue weighted by Crippen LogP contribution is 2.33. The number of carbonyl (C=O) groups is 1. The maximum absolute atomic E-state index is 13.3. The zero-order valence-electron chi connectivity index (χ0n) is 19.4. The monoisotopic (exact) mass is 443 g/mol. The largest absolute Gasteiger partial charge is 0.355 e. The molecule has 3 aromatic rings. The Morgan fingerprint density at radius 2 is 2.06 bits per heavy atom. The van der Waals surface area contributed by atoms with Gasteiger partial charge in [0.05, 0.1) is 23.7 Å². The number of aryl methyl sites for hydroxylation is 2. The van der Waals surface area contributed by atoms with Crippen LogP contribution < -0.4 is 4.90 Å². The average molecular weight is 444 g/mol. The van der Waals surface area contributed by atoms with Crippen LogP contribution in [-0.4, -0.2) is 50.0 Å². The van der Waals surface area contributed by atoms with Gasteiger partial charge in [-0.25, -0.2) is 9.50 Å². The summed E-state index contributed by atoms with van der Waals surface area (Å²) >= 11 is 0. The first-order chi connectivity index (χ1) is 15.9. The molecule has 3 aromatic heterocycles. The van der Waals surface area contributed by atoms with Crippen molar-refractivity contribution in [3.63, 3.8) is 0 Å². The maximum atomic E-state index is 13.3. The van der Waals surface area contributed by atoms with E-state index in [9.17, 15) is 10.1 Å². The van der Waals surface area contributed by atoms with Crippen LogP contribution in [0.25, 0.3) is 5.65 Å². The van der Waals surface area contributed by atoms with Crippen LogP contribution in [0.5, 0.6) is 0 Å². The third-order valence-corrected chi connectivity index (χ3v) is 6.94. The number of likely N-dealkylation sites (tertiary alicyclic amines) is 1. The number of pyridine rings is 1. The highest BCUT2D eigenvalue weighted by atomic mass is 16.2. The van der Waals surface area contributed by atoms with Gasteiger partial charge in [0, 0.05) is 43.7 Å². The van der Waals surface area contributed by atoms with E-state index in [1.165, 1.54) is 0 Å². The van der Waals surface area contributed by atoms with Crippen molar-refractivity contribution in [2.24, 2.45) is 11.8 Å². The molecule has 0 saturated carbocycles. The molecule has 170 valence electrons. The van der Waals surface area contributed by atoms with E-state index in [1.54, 1.807) is 6.20 Å². The van der Waals surface area contributed by atoms with Gasteiger partial charge >= 0.3 is 0 Å². The van der Waals surface area contributed by atoms with E-state index < -0.39 is 0 Å². The minimum absolute atomic E-state index is 0.0277. The summed E-state index contributed by atoms with van der Waals surface area (Å²) in [5, 5.41) is 14.2. The van der Waals surface area contributed by atoms with Gasteiger partial charge in [-0.2, -0.15) is 10.4 Å². The van der Waals surface area contributed by atoms with Crippen molar-refractivity contribution in [3.05, 3.63) is 53.1 Å². The molecule has 2 fully saturated rings. The number of nitriles is 1. The molecule has 5 heterocycles. The van der Waals surface area contributed by atoms with Gasteiger partial charge in [0.1, 0.15) is 11.5 Å². The lowest BCUT2D eigenvalue weighted by Gasteiger charge is -2.34. The number of piperidine rings is 1. The molecule has 0 aliphatic carbocycles. The predicted octanol–water partition coefficient (Wildman–Crippen LogP) is 3.70. The molecule has 2 aliphatic heterocycles. The molecule has 3 atom stereocenters. The molecular formula is C25H29N7O. The molecule has 0 N–H and O–H groups in total.